The average Bonchev–Trinajstić information content (AvgIpc) is 2.17. The molecule has 3 nitrogen and oxygen atoms in total. The molecule has 0 aliphatic carbocycles. The zero-order valence-electron chi connectivity index (χ0n) is 8.87. The molecule has 0 unspecified atom stereocenters. The highest BCUT2D eigenvalue weighted by molar-refractivity contribution is 9.10. The number of benzene rings is 1. The lowest BCUT2D eigenvalue weighted by Crippen LogP contribution is -2.32. The average molecular weight is 274 g/mol. The van der Waals surface area contributed by atoms with Gasteiger partial charge in [0.25, 0.3) is 0 Å². The smallest absolute Gasteiger partial charge is 0.121 e. The Labute approximate surface area is 98.1 Å². The molecule has 1 aromatic rings. The van der Waals surface area contributed by atoms with Crippen LogP contribution in [-0.2, 0) is 0 Å². The summed E-state index contributed by atoms with van der Waals surface area (Å²) in [6.07, 6.45) is 0. The lowest BCUT2D eigenvalue weighted by Gasteiger charge is -2.30. The molecule has 0 amide bonds. The molecule has 15 heavy (non-hydrogen) atoms. The molecule has 4 N–H and O–H groups in total. The quantitative estimate of drug-likeness (QED) is 0.791. The first kappa shape index (κ1) is 12.5. The number of aromatic hydroxyl groups is 1. The van der Waals surface area contributed by atoms with Crippen LogP contribution in [0.15, 0.2) is 22.7 Å². The molecular weight excluding hydrogens is 258 g/mol. The minimum Gasteiger partial charge on any atom is -0.508 e. The fourth-order valence-corrected chi connectivity index (χ4v) is 1.65. The minimum absolute atomic E-state index is 0.0241. The predicted octanol–water partition coefficient (Wildman–Crippen LogP) is 2.17. The summed E-state index contributed by atoms with van der Waals surface area (Å²) in [4.78, 5) is 0. The number of aliphatic hydroxyl groups excluding tert-OH is 1. The topological polar surface area (TPSA) is 66.5 Å². The third-order valence-electron chi connectivity index (χ3n) is 2.58. The number of hydrogen-bond acceptors (Lipinski definition) is 3. The Morgan fingerprint density at radius 3 is 2.53 bits per heavy atom. The van der Waals surface area contributed by atoms with Gasteiger partial charge in [0, 0.05) is 28.1 Å². The number of nitrogens with two attached hydrogens (primary N) is 1. The molecule has 0 aliphatic heterocycles. The van der Waals surface area contributed by atoms with Crippen molar-refractivity contribution in [1.29, 1.82) is 0 Å². The van der Waals surface area contributed by atoms with Crippen molar-refractivity contribution in [2.75, 3.05) is 6.61 Å². The number of phenols is 1. The summed E-state index contributed by atoms with van der Waals surface area (Å²) < 4.78 is 0.803. The van der Waals surface area contributed by atoms with Gasteiger partial charge in [-0.1, -0.05) is 35.8 Å². The summed E-state index contributed by atoms with van der Waals surface area (Å²) in [5.74, 6) is 0.151. The van der Waals surface area contributed by atoms with E-state index < -0.39 is 11.5 Å². The molecule has 0 heterocycles. The van der Waals surface area contributed by atoms with E-state index in [9.17, 15) is 10.2 Å². The summed E-state index contributed by atoms with van der Waals surface area (Å²) in [6.45, 7) is 3.70. The molecule has 0 aromatic heterocycles. The maximum absolute atomic E-state index is 9.73. The third kappa shape index (κ3) is 2.71. The van der Waals surface area contributed by atoms with Crippen molar-refractivity contribution in [3.63, 3.8) is 0 Å². The third-order valence-corrected chi connectivity index (χ3v) is 3.07. The van der Waals surface area contributed by atoms with E-state index in [-0.39, 0.29) is 12.4 Å². The molecule has 0 fully saturated rings. The van der Waals surface area contributed by atoms with Gasteiger partial charge in [-0.2, -0.15) is 0 Å². The van der Waals surface area contributed by atoms with Gasteiger partial charge in [-0.3, -0.25) is 0 Å². The minimum atomic E-state index is -0.453. The van der Waals surface area contributed by atoms with E-state index in [1.165, 1.54) is 0 Å². The lowest BCUT2D eigenvalue weighted by atomic mass is 9.81. The summed E-state index contributed by atoms with van der Waals surface area (Å²) in [7, 11) is 0. The second-order valence-electron chi connectivity index (χ2n) is 4.33. The fraction of sp³-hybridized carbons (Fsp3) is 0.455. The standard InChI is InChI=1S/C11H16BrNO2/c1-11(2,6-14)10(13)8-4-3-7(12)5-9(8)15/h3-5,10,14-15H,6,13H2,1-2H3/t10-/m1/s1. The first-order chi connectivity index (χ1) is 6.88. The fourth-order valence-electron chi connectivity index (χ4n) is 1.30. The number of rotatable bonds is 3. The molecule has 1 aromatic carbocycles. The Balaban J connectivity index is 3.06. The van der Waals surface area contributed by atoms with Gasteiger partial charge in [0.1, 0.15) is 5.75 Å². The van der Waals surface area contributed by atoms with Gasteiger partial charge in [-0.25, -0.2) is 0 Å². The van der Waals surface area contributed by atoms with Gasteiger partial charge in [-0.15, -0.1) is 0 Å². The van der Waals surface area contributed by atoms with Gasteiger partial charge in [0.2, 0.25) is 0 Å². The largest absolute Gasteiger partial charge is 0.508 e. The molecule has 1 rings (SSSR count). The van der Waals surface area contributed by atoms with Crippen LogP contribution in [0.3, 0.4) is 0 Å². The molecule has 1 atom stereocenters. The summed E-state index contributed by atoms with van der Waals surface area (Å²) in [6, 6.07) is 4.79. The van der Waals surface area contributed by atoms with Gasteiger partial charge < -0.3 is 15.9 Å². The van der Waals surface area contributed by atoms with Crippen LogP contribution in [0, 0.1) is 5.41 Å². The van der Waals surface area contributed by atoms with E-state index >= 15 is 0 Å². The molecule has 0 spiro atoms. The number of halogens is 1. The maximum atomic E-state index is 9.73. The van der Waals surface area contributed by atoms with E-state index in [1.807, 2.05) is 19.9 Å². The molecule has 84 valence electrons. The molecule has 4 heteroatoms. The van der Waals surface area contributed by atoms with Crippen LogP contribution in [-0.4, -0.2) is 16.8 Å². The van der Waals surface area contributed by atoms with Crippen LogP contribution in [0.2, 0.25) is 0 Å². The first-order valence-electron chi connectivity index (χ1n) is 4.73. The van der Waals surface area contributed by atoms with Gasteiger partial charge in [0.05, 0.1) is 0 Å². The monoisotopic (exact) mass is 273 g/mol. The van der Waals surface area contributed by atoms with E-state index in [0.29, 0.717) is 5.56 Å². The van der Waals surface area contributed by atoms with Gasteiger partial charge in [-0.05, 0) is 12.1 Å². The van der Waals surface area contributed by atoms with E-state index in [0.717, 1.165) is 4.47 Å². The molecule has 0 aliphatic rings. The normalized spacial score (nSPS) is 13.9. The van der Waals surface area contributed by atoms with Crippen LogP contribution < -0.4 is 5.73 Å². The van der Waals surface area contributed by atoms with Crippen LogP contribution in [0.25, 0.3) is 0 Å². The van der Waals surface area contributed by atoms with Gasteiger partial charge in [0.15, 0.2) is 0 Å². The molecular formula is C11H16BrNO2. The second kappa shape index (κ2) is 4.51. The Morgan fingerprint density at radius 2 is 2.07 bits per heavy atom. The highest BCUT2D eigenvalue weighted by Crippen LogP contribution is 2.36. The molecule has 0 radical (unpaired) electrons. The van der Waals surface area contributed by atoms with Crippen LogP contribution >= 0.6 is 15.9 Å². The summed E-state index contributed by atoms with van der Waals surface area (Å²) in [5.41, 5.74) is 6.20. The van der Waals surface area contributed by atoms with Crippen LogP contribution in [0.4, 0.5) is 0 Å². The van der Waals surface area contributed by atoms with Crippen LogP contribution in [0.5, 0.6) is 5.75 Å². The summed E-state index contributed by atoms with van der Waals surface area (Å²) >= 11 is 3.26. The SMILES string of the molecule is CC(C)(CO)[C@H](N)c1ccc(Br)cc1O. The highest BCUT2D eigenvalue weighted by Gasteiger charge is 2.28. The van der Waals surface area contributed by atoms with E-state index in [4.69, 9.17) is 5.73 Å². The Morgan fingerprint density at radius 1 is 1.47 bits per heavy atom. The number of hydrogen-bond donors (Lipinski definition) is 3. The molecule has 0 saturated carbocycles. The van der Waals surface area contributed by atoms with Crippen LogP contribution in [0.1, 0.15) is 25.5 Å². The molecule has 0 bridgehead atoms. The number of phenolic OH excluding ortho intramolecular Hbond substituents is 1. The van der Waals surface area contributed by atoms with Crippen molar-refractivity contribution in [1.82, 2.24) is 0 Å². The first-order valence-corrected chi connectivity index (χ1v) is 5.52. The Bertz CT molecular complexity index is 352. The Hall–Kier alpha value is -0.580. The van der Waals surface area contributed by atoms with Gasteiger partial charge >= 0.3 is 0 Å². The number of aliphatic hydroxyl groups is 1. The van der Waals surface area contributed by atoms with Crippen molar-refractivity contribution in [2.24, 2.45) is 11.1 Å². The zero-order chi connectivity index (χ0) is 11.6. The second-order valence-corrected chi connectivity index (χ2v) is 5.24. The van der Waals surface area contributed by atoms with Crippen molar-refractivity contribution in [3.8, 4) is 5.75 Å². The Kier molecular flexibility index (Phi) is 3.76. The van der Waals surface area contributed by atoms with Crippen molar-refractivity contribution in [2.45, 2.75) is 19.9 Å². The van der Waals surface area contributed by atoms with Crippen molar-refractivity contribution in [3.05, 3.63) is 28.2 Å². The van der Waals surface area contributed by atoms with E-state index in [2.05, 4.69) is 15.9 Å². The lowest BCUT2D eigenvalue weighted by molar-refractivity contribution is 0.131. The van der Waals surface area contributed by atoms with E-state index in [1.54, 1.807) is 12.1 Å². The summed E-state index contributed by atoms with van der Waals surface area (Å²) in [5, 5.41) is 18.9. The van der Waals surface area contributed by atoms with Crippen molar-refractivity contribution >= 4 is 15.9 Å². The molecule has 0 saturated heterocycles. The van der Waals surface area contributed by atoms with Crippen molar-refractivity contribution < 1.29 is 10.2 Å². The predicted molar refractivity (Wildman–Crippen MR) is 63.6 cm³/mol. The zero-order valence-corrected chi connectivity index (χ0v) is 10.5. The highest BCUT2D eigenvalue weighted by atomic mass is 79.9. The maximum Gasteiger partial charge on any atom is 0.121 e.